The van der Waals surface area contributed by atoms with Gasteiger partial charge in [0.25, 0.3) is 0 Å². The predicted molar refractivity (Wildman–Crippen MR) is 65.0 cm³/mol. The second-order valence-electron chi connectivity index (χ2n) is 3.35. The van der Waals surface area contributed by atoms with Crippen molar-refractivity contribution in [1.29, 1.82) is 5.26 Å². The molecule has 0 aliphatic rings. The lowest BCUT2D eigenvalue weighted by molar-refractivity contribution is 0.463. The van der Waals surface area contributed by atoms with Crippen molar-refractivity contribution in [2.45, 2.75) is 0 Å². The standard InChI is InChI=1S/C13H11N3O/c1-15-12-3-2-4-13(16-12)17-11-7-5-10(9-14)6-8-11/h2-8H,1H3,(H,15,16). The third kappa shape index (κ3) is 2.73. The highest BCUT2D eigenvalue weighted by Gasteiger charge is 1.99. The number of ether oxygens (including phenoxy) is 1. The number of nitrogens with zero attached hydrogens (tertiary/aromatic N) is 2. The fourth-order valence-corrected chi connectivity index (χ4v) is 1.33. The van der Waals surface area contributed by atoms with Crippen LogP contribution in [0.4, 0.5) is 5.82 Å². The van der Waals surface area contributed by atoms with E-state index < -0.39 is 0 Å². The summed E-state index contributed by atoms with van der Waals surface area (Å²) in [5, 5.41) is 11.6. The maximum Gasteiger partial charge on any atom is 0.221 e. The molecule has 4 heteroatoms. The highest BCUT2D eigenvalue weighted by Crippen LogP contribution is 2.20. The Labute approximate surface area is 99.5 Å². The van der Waals surface area contributed by atoms with Gasteiger partial charge in [-0.25, -0.2) is 0 Å². The first-order chi connectivity index (χ1) is 8.31. The third-order valence-corrected chi connectivity index (χ3v) is 2.19. The van der Waals surface area contributed by atoms with E-state index >= 15 is 0 Å². The molecular formula is C13H11N3O. The average molecular weight is 225 g/mol. The molecule has 4 nitrogen and oxygen atoms in total. The van der Waals surface area contributed by atoms with Crippen LogP contribution in [0.25, 0.3) is 0 Å². The van der Waals surface area contributed by atoms with Crippen molar-refractivity contribution >= 4 is 5.82 Å². The molecule has 17 heavy (non-hydrogen) atoms. The second-order valence-corrected chi connectivity index (χ2v) is 3.35. The summed E-state index contributed by atoms with van der Waals surface area (Å²) >= 11 is 0. The van der Waals surface area contributed by atoms with E-state index in [1.807, 2.05) is 12.1 Å². The summed E-state index contributed by atoms with van der Waals surface area (Å²) in [6.45, 7) is 0. The number of nitrogens with one attached hydrogen (secondary N) is 1. The Morgan fingerprint density at radius 3 is 2.59 bits per heavy atom. The predicted octanol–water partition coefficient (Wildman–Crippen LogP) is 2.79. The Kier molecular flexibility index (Phi) is 3.22. The highest BCUT2D eigenvalue weighted by molar-refractivity contribution is 5.39. The van der Waals surface area contributed by atoms with E-state index in [1.54, 1.807) is 37.4 Å². The molecule has 2 rings (SSSR count). The van der Waals surface area contributed by atoms with Gasteiger partial charge >= 0.3 is 0 Å². The SMILES string of the molecule is CNc1cccc(Oc2ccc(C#N)cc2)n1. The van der Waals surface area contributed by atoms with Crippen LogP contribution in [-0.2, 0) is 0 Å². The monoisotopic (exact) mass is 225 g/mol. The van der Waals surface area contributed by atoms with E-state index in [9.17, 15) is 0 Å². The highest BCUT2D eigenvalue weighted by atomic mass is 16.5. The van der Waals surface area contributed by atoms with Crippen LogP contribution in [0.1, 0.15) is 5.56 Å². The third-order valence-electron chi connectivity index (χ3n) is 2.19. The van der Waals surface area contributed by atoms with Crippen molar-refractivity contribution in [3.8, 4) is 17.7 Å². The molecule has 0 spiro atoms. The molecule has 1 aromatic heterocycles. The molecule has 1 aromatic carbocycles. The van der Waals surface area contributed by atoms with Crippen LogP contribution in [-0.4, -0.2) is 12.0 Å². The summed E-state index contributed by atoms with van der Waals surface area (Å²) in [6, 6.07) is 14.4. The zero-order chi connectivity index (χ0) is 12.1. The summed E-state index contributed by atoms with van der Waals surface area (Å²) in [6.07, 6.45) is 0. The molecule has 0 saturated heterocycles. The van der Waals surface area contributed by atoms with Gasteiger partial charge in [0.1, 0.15) is 11.6 Å². The first-order valence-electron chi connectivity index (χ1n) is 5.14. The van der Waals surface area contributed by atoms with Crippen LogP contribution in [0.3, 0.4) is 0 Å². The van der Waals surface area contributed by atoms with Gasteiger partial charge in [0, 0.05) is 13.1 Å². The lowest BCUT2D eigenvalue weighted by Gasteiger charge is -2.06. The molecule has 0 bridgehead atoms. The Morgan fingerprint density at radius 1 is 1.18 bits per heavy atom. The molecule has 1 N–H and O–H groups in total. The van der Waals surface area contributed by atoms with Gasteiger partial charge in [-0.15, -0.1) is 0 Å². The minimum Gasteiger partial charge on any atom is -0.439 e. The minimum absolute atomic E-state index is 0.515. The molecule has 0 aliphatic heterocycles. The van der Waals surface area contributed by atoms with Gasteiger partial charge in [-0.3, -0.25) is 0 Å². The molecule has 84 valence electrons. The summed E-state index contributed by atoms with van der Waals surface area (Å²) in [5.41, 5.74) is 0.606. The van der Waals surface area contributed by atoms with Crippen LogP contribution >= 0.6 is 0 Å². The number of hydrogen-bond donors (Lipinski definition) is 1. The number of aromatic nitrogens is 1. The Balaban J connectivity index is 2.16. The molecular weight excluding hydrogens is 214 g/mol. The Bertz CT molecular complexity index is 543. The number of rotatable bonds is 3. The van der Waals surface area contributed by atoms with Gasteiger partial charge in [-0.05, 0) is 30.3 Å². The summed E-state index contributed by atoms with van der Waals surface area (Å²) in [5.74, 6) is 1.92. The van der Waals surface area contributed by atoms with Crippen molar-refractivity contribution in [3.05, 3.63) is 48.0 Å². The summed E-state index contributed by atoms with van der Waals surface area (Å²) in [4.78, 5) is 4.23. The Hall–Kier alpha value is -2.54. The van der Waals surface area contributed by atoms with Gasteiger partial charge in [-0.2, -0.15) is 10.2 Å². The van der Waals surface area contributed by atoms with Gasteiger partial charge in [-0.1, -0.05) is 6.07 Å². The minimum atomic E-state index is 0.515. The van der Waals surface area contributed by atoms with E-state index in [0.717, 1.165) is 5.82 Å². The quantitative estimate of drug-likeness (QED) is 0.872. The van der Waals surface area contributed by atoms with E-state index in [2.05, 4.69) is 16.4 Å². The van der Waals surface area contributed by atoms with Crippen LogP contribution in [0, 0.1) is 11.3 Å². The summed E-state index contributed by atoms with van der Waals surface area (Å²) < 4.78 is 5.56. The zero-order valence-corrected chi connectivity index (χ0v) is 9.34. The van der Waals surface area contributed by atoms with Crippen LogP contribution in [0.15, 0.2) is 42.5 Å². The molecule has 0 aliphatic carbocycles. The van der Waals surface area contributed by atoms with Crippen molar-refractivity contribution in [2.24, 2.45) is 0 Å². The van der Waals surface area contributed by atoms with Crippen molar-refractivity contribution in [2.75, 3.05) is 12.4 Å². The molecule has 1 heterocycles. The topological polar surface area (TPSA) is 57.9 Å². The number of pyridine rings is 1. The first kappa shape index (κ1) is 11.0. The first-order valence-corrected chi connectivity index (χ1v) is 5.14. The summed E-state index contributed by atoms with van der Waals surface area (Å²) in [7, 11) is 1.80. The van der Waals surface area contributed by atoms with Crippen molar-refractivity contribution in [1.82, 2.24) is 4.98 Å². The maximum atomic E-state index is 8.68. The molecule has 0 radical (unpaired) electrons. The van der Waals surface area contributed by atoms with Crippen molar-refractivity contribution in [3.63, 3.8) is 0 Å². The van der Waals surface area contributed by atoms with Crippen LogP contribution in [0.2, 0.25) is 0 Å². The molecule has 0 saturated carbocycles. The zero-order valence-electron chi connectivity index (χ0n) is 9.34. The molecule has 0 atom stereocenters. The van der Waals surface area contributed by atoms with Crippen LogP contribution < -0.4 is 10.1 Å². The largest absolute Gasteiger partial charge is 0.439 e. The normalized spacial score (nSPS) is 9.41. The fraction of sp³-hybridized carbons (Fsp3) is 0.0769. The number of anilines is 1. The second kappa shape index (κ2) is 4.99. The smallest absolute Gasteiger partial charge is 0.221 e. The number of benzene rings is 1. The van der Waals surface area contributed by atoms with Crippen molar-refractivity contribution < 1.29 is 4.74 Å². The lowest BCUT2D eigenvalue weighted by atomic mass is 10.2. The van der Waals surface area contributed by atoms with E-state index in [0.29, 0.717) is 17.2 Å². The number of nitriles is 1. The van der Waals surface area contributed by atoms with E-state index in [-0.39, 0.29) is 0 Å². The molecule has 0 unspecified atom stereocenters. The van der Waals surface area contributed by atoms with E-state index in [1.165, 1.54) is 0 Å². The van der Waals surface area contributed by atoms with E-state index in [4.69, 9.17) is 10.00 Å². The molecule has 2 aromatic rings. The van der Waals surface area contributed by atoms with Gasteiger partial charge in [0.15, 0.2) is 0 Å². The average Bonchev–Trinajstić information content (AvgIpc) is 2.40. The number of hydrogen-bond acceptors (Lipinski definition) is 4. The maximum absolute atomic E-state index is 8.68. The molecule has 0 amide bonds. The van der Waals surface area contributed by atoms with Gasteiger partial charge in [0.05, 0.1) is 11.6 Å². The lowest BCUT2D eigenvalue weighted by Crippen LogP contribution is -1.94. The van der Waals surface area contributed by atoms with Crippen LogP contribution in [0.5, 0.6) is 11.6 Å². The Morgan fingerprint density at radius 2 is 1.94 bits per heavy atom. The molecule has 0 fully saturated rings. The van der Waals surface area contributed by atoms with Gasteiger partial charge < -0.3 is 10.1 Å². The fourth-order valence-electron chi connectivity index (χ4n) is 1.33. The van der Waals surface area contributed by atoms with Gasteiger partial charge in [0.2, 0.25) is 5.88 Å².